The molecule has 0 saturated carbocycles. The van der Waals surface area contributed by atoms with Gasteiger partial charge in [-0.15, -0.1) is 12.3 Å². The predicted octanol–water partition coefficient (Wildman–Crippen LogP) is 1.21. The molecule has 1 fully saturated rings. The van der Waals surface area contributed by atoms with Crippen molar-refractivity contribution in [3.05, 3.63) is 0 Å². The van der Waals surface area contributed by atoms with Crippen LogP contribution in [0.4, 0.5) is 0 Å². The Hall–Kier alpha value is -0.640. The molecule has 19 heavy (non-hydrogen) atoms. The number of methoxy groups -OCH3 is 3. The van der Waals surface area contributed by atoms with E-state index in [-0.39, 0.29) is 24.4 Å². The van der Waals surface area contributed by atoms with E-state index in [2.05, 4.69) is 5.92 Å². The van der Waals surface area contributed by atoms with Gasteiger partial charge in [-0.3, -0.25) is 0 Å². The molecular formula is C14H24O5. The van der Waals surface area contributed by atoms with E-state index in [1.54, 1.807) is 21.3 Å². The van der Waals surface area contributed by atoms with Crippen molar-refractivity contribution in [2.24, 2.45) is 0 Å². The van der Waals surface area contributed by atoms with Crippen LogP contribution in [-0.4, -0.2) is 58.6 Å². The zero-order chi connectivity index (χ0) is 14.3. The Morgan fingerprint density at radius 2 is 1.68 bits per heavy atom. The Labute approximate surface area is 115 Å². The summed E-state index contributed by atoms with van der Waals surface area (Å²) in [7, 11) is 4.88. The van der Waals surface area contributed by atoms with Gasteiger partial charge >= 0.3 is 0 Å². The molecule has 5 atom stereocenters. The standard InChI is InChI=1S/C14H24O5/c1-6-7-8-9-18-14-13(17-5)12(16-4)11(15-3)10(2)19-14/h1,10-14H,7-9H2,2-5H3/t10-,11-,12+,13+,14-/m0/s1. The van der Waals surface area contributed by atoms with Crippen LogP contribution in [0.1, 0.15) is 19.8 Å². The molecule has 0 aromatic rings. The summed E-state index contributed by atoms with van der Waals surface area (Å²) in [6.07, 6.45) is 5.37. The summed E-state index contributed by atoms with van der Waals surface area (Å²) < 4.78 is 27.9. The maximum absolute atomic E-state index is 5.80. The fourth-order valence-electron chi connectivity index (χ4n) is 2.32. The molecule has 0 aliphatic carbocycles. The van der Waals surface area contributed by atoms with E-state index < -0.39 is 6.29 Å². The lowest BCUT2D eigenvalue weighted by Gasteiger charge is -2.43. The van der Waals surface area contributed by atoms with E-state index in [0.717, 1.165) is 6.42 Å². The molecule has 0 aromatic heterocycles. The van der Waals surface area contributed by atoms with Crippen LogP contribution in [0.15, 0.2) is 0 Å². The van der Waals surface area contributed by atoms with E-state index in [4.69, 9.17) is 30.1 Å². The smallest absolute Gasteiger partial charge is 0.186 e. The van der Waals surface area contributed by atoms with Crippen LogP contribution in [0.5, 0.6) is 0 Å². The van der Waals surface area contributed by atoms with E-state index in [9.17, 15) is 0 Å². The molecule has 5 nitrogen and oxygen atoms in total. The first-order valence-electron chi connectivity index (χ1n) is 6.48. The predicted molar refractivity (Wildman–Crippen MR) is 70.7 cm³/mol. The Morgan fingerprint density at radius 3 is 2.21 bits per heavy atom. The summed E-state index contributed by atoms with van der Waals surface area (Å²) in [4.78, 5) is 0. The number of hydrogen-bond donors (Lipinski definition) is 0. The average Bonchev–Trinajstić information content (AvgIpc) is 2.42. The van der Waals surface area contributed by atoms with Gasteiger partial charge in [0.05, 0.1) is 12.7 Å². The highest BCUT2D eigenvalue weighted by atomic mass is 16.7. The summed E-state index contributed by atoms with van der Waals surface area (Å²) in [5, 5.41) is 0. The molecule has 1 rings (SSSR count). The molecule has 1 saturated heterocycles. The molecule has 1 aliphatic heterocycles. The first kappa shape index (κ1) is 16.4. The summed E-state index contributed by atoms with van der Waals surface area (Å²) in [6.45, 7) is 2.47. The van der Waals surface area contributed by atoms with Crippen LogP contribution in [-0.2, 0) is 23.7 Å². The molecular weight excluding hydrogens is 248 g/mol. The van der Waals surface area contributed by atoms with Gasteiger partial charge in [-0.1, -0.05) is 0 Å². The maximum atomic E-state index is 5.80. The van der Waals surface area contributed by atoms with Crippen LogP contribution in [0.3, 0.4) is 0 Å². The fourth-order valence-corrected chi connectivity index (χ4v) is 2.32. The second-order valence-corrected chi connectivity index (χ2v) is 4.49. The minimum atomic E-state index is -0.464. The Kier molecular flexibility index (Phi) is 7.36. The number of rotatable bonds is 7. The van der Waals surface area contributed by atoms with Gasteiger partial charge in [0, 0.05) is 27.8 Å². The number of terminal acetylenes is 1. The molecule has 1 heterocycles. The van der Waals surface area contributed by atoms with Crippen molar-refractivity contribution in [1.82, 2.24) is 0 Å². The summed E-state index contributed by atoms with van der Waals surface area (Å²) in [6, 6.07) is 0. The summed E-state index contributed by atoms with van der Waals surface area (Å²) in [5.74, 6) is 2.58. The van der Waals surface area contributed by atoms with Crippen molar-refractivity contribution in [3.63, 3.8) is 0 Å². The second-order valence-electron chi connectivity index (χ2n) is 4.49. The van der Waals surface area contributed by atoms with Crippen LogP contribution < -0.4 is 0 Å². The van der Waals surface area contributed by atoms with Gasteiger partial charge in [0.25, 0.3) is 0 Å². The van der Waals surface area contributed by atoms with Crippen molar-refractivity contribution >= 4 is 0 Å². The van der Waals surface area contributed by atoms with Gasteiger partial charge < -0.3 is 23.7 Å². The molecule has 0 spiro atoms. The monoisotopic (exact) mass is 272 g/mol. The zero-order valence-corrected chi connectivity index (χ0v) is 12.1. The molecule has 0 aromatic carbocycles. The SMILES string of the molecule is C#CCCCO[C@H]1O[C@@H](C)[C@H](OC)[C@@H](OC)[C@H]1OC. The van der Waals surface area contributed by atoms with Crippen LogP contribution in [0.2, 0.25) is 0 Å². The molecule has 1 aliphatic rings. The molecule has 0 radical (unpaired) electrons. The third-order valence-electron chi connectivity index (χ3n) is 3.29. The Balaban J connectivity index is 2.62. The normalized spacial score (nSPS) is 35.0. The summed E-state index contributed by atoms with van der Waals surface area (Å²) in [5.41, 5.74) is 0. The lowest BCUT2D eigenvalue weighted by molar-refractivity contribution is -0.305. The van der Waals surface area contributed by atoms with Crippen LogP contribution >= 0.6 is 0 Å². The molecule has 0 bridgehead atoms. The number of ether oxygens (including phenoxy) is 5. The lowest BCUT2D eigenvalue weighted by atomic mass is 9.99. The van der Waals surface area contributed by atoms with Gasteiger partial charge in [0.2, 0.25) is 0 Å². The molecule has 5 heteroatoms. The third kappa shape index (κ3) is 4.16. The van der Waals surface area contributed by atoms with Gasteiger partial charge in [-0.2, -0.15) is 0 Å². The first-order chi connectivity index (χ1) is 9.19. The minimum absolute atomic E-state index is 0.126. The van der Waals surface area contributed by atoms with Gasteiger partial charge in [-0.25, -0.2) is 0 Å². The molecule has 0 unspecified atom stereocenters. The Morgan fingerprint density at radius 1 is 1.05 bits per heavy atom. The number of hydrogen-bond acceptors (Lipinski definition) is 5. The second kappa shape index (κ2) is 8.51. The highest BCUT2D eigenvalue weighted by molar-refractivity contribution is 4.90. The van der Waals surface area contributed by atoms with E-state index in [1.807, 2.05) is 6.92 Å². The topological polar surface area (TPSA) is 46.2 Å². The highest BCUT2D eigenvalue weighted by Gasteiger charge is 2.45. The van der Waals surface area contributed by atoms with Gasteiger partial charge in [0.1, 0.15) is 18.3 Å². The lowest BCUT2D eigenvalue weighted by Crippen LogP contribution is -2.59. The highest BCUT2D eigenvalue weighted by Crippen LogP contribution is 2.27. The van der Waals surface area contributed by atoms with E-state index >= 15 is 0 Å². The van der Waals surface area contributed by atoms with E-state index in [1.165, 1.54) is 0 Å². The Bertz CT molecular complexity index is 288. The van der Waals surface area contributed by atoms with Crippen molar-refractivity contribution in [2.45, 2.75) is 50.5 Å². The number of unbranched alkanes of at least 4 members (excludes halogenated alkanes) is 1. The maximum Gasteiger partial charge on any atom is 0.186 e. The fraction of sp³-hybridized carbons (Fsp3) is 0.857. The zero-order valence-electron chi connectivity index (χ0n) is 12.1. The van der Waals surface area contributed by atoms with Gasteiger partial charge in [-0.05, 0) is 13.3 Å². The first-order valence-corrected chi connectivity index (χ1v) is 6.48. The largest absolute Gasteiger partial charge is 0.376 e. The van der Waals surface area contributed by atoms with E-state index in [0.29, 0.717) is 13.0 Å². The van der Waals surface area contributed by atoms with Crippen LogP contribution in [0.25, 0.3) is 0 Å². The van der Waals surface area contributed by atoms with Crippen LogP contribution in [0, 0.1) is 12.3 Å². The molecule has 0 amide bonds. The van der Waals surface area contributed by atoms with Gasteiger partial charge in [0.15, 0.2) is 6.29 Å². The molecule has 110 valence electrons. The summed E-state index contributed by atoms with van der Waals surface area (Å²) >= 11 is 0. The van der Waals surface area contributed by atoms with Crippen molar-refractivity contribution in [1.29, 1.82) is 0 Å². The third-order valence-corrected chi connectivity index (χ3v) is 3.29. The minimum Gasteiger partial charge on any atom is -0.376 e. The van der Waals surface area contributed by atoms with Crippen molar-refractivity contribution in [2.75, 3.05) is 27.9 Å². The van der Waals surface area contributed by atoms with Crippen molar-refractivity contribution in [3.8, 4) is 12.3 Å². The molecule has 0 N–H and O–H groups in total. The van der Waals surface area contributed by atoms with Crippen molar-refractivity contribution < 1.29 is 23.7 Å². The average molecular weight is 272 g/mol. The quantitative estimate of drug-likeness (QED) is 0.515.